The lowest BCUT2D eigenvalue weighted by Gasteiger charge is -2.29. The smallest absolute Gasteiger partial charge is 0.294 e. The molecule has 4 aromatic rings. The molecule has 0 radical (unpaired) electrons. The van der Waals surface area contributed by atoms with E-state index in [1.54, 1.807) is 11.0 Å². The molecule has 0 saturated carbocycles. The number of hydrogen-bond acceptors (Lipinski definition) is 5. The van der Waals surface area contributed by atoms with Crippen molar-refractivity contribution in [2.45, 2.75) is 19.6 Å². The number of thioether (sulfide) groups is 1. The van der Waals surface area contributed by atoms with Gasteiger partial charge < -0.3 is 9.64 Å². The van der Waals surface area contributed by atoms with Crippen LogP contribution in [0, 0.1) is 0 Å². The van der Waals surface area contributed by atoms with E-state index in [4.69, 9.17) is 4.74 Å². The highest BCUT2D eigenvalue weighted by Crippen LogP contribution is 2.38. The van der Waals surface area contributed by atoms with Crippen molar-refractivity contribution in [1.29, 1.82) is 0 Å². The Balaban J connectivity index is 1.12. The molecule has 9 heteroatoms. The number of carbonyl (C=O) groups excluding carboxylic acids is 3. The number of benzene rings is 4. The molecule has 206 valence electrons. The molecule has 0 aromatic heterocycles. The molecule has 0 bridgehead atoms. The van der Waals surface area contributed by atoms with Crippen molar-refractivity contribution in [1.82, 2.24) is 9.80 Å². The van der Waals surface area contributed by atoms with Gasteiger partial charge >= 0.3 is 0 Å². The fourth-order valence-corrected chi connectivity index (χ4v) is 7.31. The average Bonchev–Trinajstić information content (AvgIpc) is 3.23. The third-order valence-corrected chi connectivity index (χ3v) is 9.25. The lowest BCUT2D eigenvalue weighted by atomic mass is 10.00. The Morgan fingerprint density at radius 1 is 0.902 bits per heavy atom. The highest BCUT2D eigenvalue weighted by Gasteiger charge is 2.37. The van der Waals surface area contributed by atoms with Gasteiger partial charge in [0.15, 0.2) is 0 Å². The first-order chi connectivity index (χ1) is 19.9. The fraction of sp³-hybridized carbons (Fsp3) is 0.156. The van der Waals surface area contributed by atoms with Gasteiger partial charge in [0, 0.05) is 13.1 Å². The van der Waals surface area contributed by atoms with E-state index in [0.717, 1.165) is 39.6 Å². The molecule has 0 atom stereocenters. The number of imide groups is 1. The molecule has 3 amide bonds. The SMILES string of the molecule is O=C(CN1C(=O)S/C(=C\c2cc(Br)c(OCc3ccc4ccccc4c3)c(Br)c2)C1=O)N1CCc2ccccc2C1. The first-order valence-electron chi connectivity index (χ1n) is 13.0. The van der Waals surface area contributed by atoms with Gasteiger partial charge in [0.25, 0.3) is 11.1 Å². The Morgan fingerprint density at radius 2 is 1.61 bits per heavy atom. The summed E-state index contributed by atoms with van der Waals surface area (Å²) in [6, 6.07) is 26.1. The topological polar surface area (TPSA) is 66.9 Å². The number of fused-ring (bicyclic) bond motifs is 2. The lowest BCUT2D eigenvalue weighted by molar-refractivity contribution is -0.136. The molecule has 1 fully saturated rings. The van der Waals surface area contributed by atoms with Crippen LogP contribution < -0.4 is 4.74 Å². The van der Waals surface area contributed by atoms with E-state index in [-0.39, 0.29) is 17.4 Å². The standard InChI is InChI=1S/C32H24Br2N2O4S/c33-26-14-21(15-27(34)30(26)40-19-20-9-10-22-5-1-3-7-24(22)13-20)16-28-31(38)36(32(39)41-28)18-29(37)35-12-11-23-6-2-4-8-25(23)17-35/h1-10,13-16H,11-12,17-19H2/b28-16-. The van der Waals surface area contributed by atoms with Gasteiger partial charge in [-0.15, -0.1) is 0 Å². The summed E-state index contributed by atoms with van der Waals surface area (Å²) < 4.78 is 7.53. The summed E-state index contributed by atoms with van der Waals surface area (Å²) in [6.07, 6.45) is 2.42. The molecule has 0 N–H and O–H groups in total. The summed E-state index contributed by atoms with van der Waals surface area (Å²) in [7, 11) is 0. The summed E-state index contributed by atoms with van der Waals surface area (Å²) in [5, 5.41) is 1.88. The van der Waals surface area contributed by atoms with E-state index in [0.29, 0.717) is 40.0 Å². The van der Waals surface area contributed by atoms with E-state index in [9.17, 15) is 14.4 Å². The average molecular weight is 692 g/mol. The monoisotopic (exact) mass is 690 g/mol. The van der Waals surface area contributed by atoms with Crippen LogP contribution in [0.5, 0.6) is 5.75 Å². The zero-order chi connectivity index (χ0) is 28.5. The van der Waals surface area contributed by atoms with Crippen molar-refractivity contribution >= 4 is 77.5 Å². The number of halogens is 2. The van der Waals surface area contributed by atoms with Gasteiger partial charge in [-0.1, -0.05) is 60.7 Å². The Bertz CT molecular complexity index is 1720. The van der Waals surface area contributed by atoms with Gasteiger partial charge in [-0.3, -0.25) is 19.3 Å². The Morgan fingerprint density at radius 3 is 2.39 bits per heavy atom. The Labute approximate surface area is 258 Å². The Hall–Kier alpha value is -3.40. The van der Waals surface area contributed by atoms with Gasteiger partial charge in [0.2, 0.25) is 5.91 Å². The minimum absolute atomic E-state index is 0.235. The maximum Gasteiger partial charge on any atom is 0.294 e. The first-order valence-corrected chi connectivity index (χ1v) is 15.5. The number of ether oxygens (including phenoxy) is 1. The highest BCUT2D eigenvalue weighted by molar-refractivity contribution is 9.11. The van der Waals surface area contributed by atoms with Crippen molar-refractivity contribution in [3.8, 4) is 5.75 Å². The van der Waals surface area contributed by atoms with Crippen LogP contribution in [0.3, 0.4) is 0 Å². The van der Waals surface area contributed by atoms with Crippen molar-refractivity contribution in [3.05, 3.63) is 115 Å². The molecular formula is C32H24Br2N2O4S. The van der Waals surface area contributed by atoms with Crippen LogP contribution in [0.2, 0.25) is 0 Å². The second kappa shape index (κ2) is 11.8. The highest BCUT2D eigenvalue weighted by atomic mass is 79.9. The van der Waals surface area contributed by atoms with E-state index >= 15 is 0 Å². The van der Waals surface area contributed by atoms with Gasteiger partial charge in [-0.2, -0.15) is 0 Å². The minimum Gasteiger partial charge on any atom is -0.487 e. The quantitative estimate of drug-likeness (QED) is 0.195. The van der Waals surface area contributed by atoms with Crippen molar-refractivity contribution in [2.24, 2.45) is 0 Å². The van der Waals surface area contributed by atoms with Gasteiger partial charge in [-0.05, 0) is 107 Å². The number of hydrogen-bond donors (Lipinski definition) is 0. The van der Waals surface area contributed by atoms with E-state index in [1.807, 2.05) is 48.5 Å². The summed E-state index contributed by atoms with van der Waals surface area (Å²) in [6.45, 7) is 1.17. The normalized spacial score (nSPS) is 16.0. The van der Waals surface area contributed by atoms with Crippen LogP contribution in [0.15, 0.2) is 92.7 Å². The zero-order valence-electron chi connectivity index (χ0n) is 21.8. The molecule has 0 unspecified atom stereocenters. The second-order valence-corrected chi connectivity index (χ2v) is 12.6. The zero-order valence-corrected chi connectivity index (χ0v) is 25.8. The van der Waals surface area contributed by atoms with Gasteiger partial charge in [0.1, 0.15) is 18.9 Å². The largest absolute Gasteiger partial charge is 0.487 e. The first kappa shape index (κ1) is 27.8. The molecule has 0 spiro atoms. The molecular weight excluding hydrogens is 668 g/mol. The molecule has 0 aliphatic carbocycles. The summed E-state index contributed by atoms with van der Waals surface area (Å²) in [5.74, 6) is -0.0618. The number of carbonyl (C=O) groups is 3. The predicted molar refractivity (Wildman–Crippen MR) is 168 cm³/mol. The molecule has 2 aliphatic heterocycles. The molecule has 2 heterocycles. The number of amides is 3. The van der Waals surface area contributed by atoms with Gasteiger partial charge in [0.05, 0.1) is 13.9 Å². The Kier molecular flexibility index (Phi) is 8.01. The molecule has 6 rings (SSSR count). The minimum atomic E-state index is -0.463. The second-order valence-electron chi connectivity index (χ2n) is 9.89. The van der Waals surface area contributed by atoms with Crippen LogP contribution in [0.1, 0.15) is 22.3 Å². The third-order valence-electron chi connectivity index (χ3n) is 7.17. The lowest BCUT2D eigenvalue weighted by Crippen LogP contribution is -2.44. The summed E-state index contributed by atoms with van der Waals surface area (Å²) >= 11 is 8.01. The van der Waals surface area contributed by atoms with Crippen molar-refractivity contribution in [3.63, 3.8) is 0 Å². The third kappa shape index (κ3) is 5.98. The van der Waals surface area contributed by atoms with E-state index in [2.05, 4.69) is 62.2 Å². The van der Waals surface area contributed by atoms with Crippen LogP contribution in [0.25, 0.3) is 16.8 Å². The van der Waals surface area contributed by atoms with Gasteiger partial charge in [-0.25, -0.2) is 0 Å². The van der Waals surface area contributed by atoms with Crippen LogP contribution in [0.4, 0.5) is 4.79 Å². The molecule has 6 nitrogen and oxygen atoms in total. The number of rotatable bonds is 6. The van der Waals surface area contributed by atoms with Crippen LogP contribution in [-0.4, -0.2) is 39.9 Å². The predicted octanol–water partition coefficient (Wildman–Crippen LogP) is 7.57. The molecule has 4 aromatic carbocycles. The van der Waals surface area contributed by atoms with E-state index < -0.39 is 11.1 Å². The molecule has 41 heavy (non-hydrogen) atoms. The maximum absolute atomic E-state index is 13.1. The molecule has 2 aliphatic rings. The van der Waals surface area contributed by atoms with Crippen molar-refractivity contribution in [2.75, 3.05) is 13.1 Å². The number of nitrogens with zero attached hydrogens (tertiary/aromatic N) is 2. The summed E-state index contributed by atoms with van der Waals surface area (Å²) in [4.78, 5) is 41.8. The van der Waals surface area contributed by atoms with E-state index in [1.165, 1.54) is 10.9 Å². The van der Waals surface area contributed by atoms with Crippen LogP contribution >= 0.6 is 43.6 Å². The maximum atomic E-state index is 13.1. The van der Waals surface area contributed by atoms with Crippen LogP contribution in [-0.2, 0) is 29.2 Å². The molecule has 1 saturated heterocycles. The fourth-order valence-electron chi connectivity index (χ4n) is 5.02. The summed E-state index contributed by atoms with van der Waals surface area (Å²) in [5.41, 5.74) is 4.09. The van der Waals surface area contributed by atoms with Crippen molar-refractivity contribution < 1.29 is 19.1 Å².